The largest absolute Gasteiger partial charge is 0.316 e. The van der Waals surface area contributed by atoms with Gasteiger partial charge in [0.2, 0.25) is 0 Å². The number of rotatable bonds is 5. The van der Waals surface area contributed by atoms with Crippen molar-refractivity contribution in [3.8, 4) is 0 Å². The predicted octanol–water partition coefficient (Wildman–Crippen LogP) is 0.354. The van der Waals surface area contributed by atoms with Gasteiger partial charge in [-0.25, -0.2) is 0 Å². The Hall–Kier alpha value is 0.137. The van der Waals surface area contributed by atoms with Crippen molar-refractivity contribution in [3.63, 3.8) is 0 Å². The third-order valence-electron chi connectivity index (χ3n) is 2.79. The summed E-state index contributed by atoms with van der Waals surface area (Å²) < 4.78 is 0. The van der Waals surface area contributed by atoms with Gasteiger partial charge in [-0.3, -0.25) is 0 Å². The minimum atomic E-state index is -0.110. The summed E-state index contributed by atoms with van der Waals surface area (Å²) in [6.45, 7) is 4.52. The Labute approximate surface area is 73.1 Å². The van der Waals surface area contributed by atoms with Crippen molar-refractivity contribution >= 4 is 10.2 Å². The van der Waals surface area contributed by atoms with Crippen LogP contribution in [0, 0.1) is 0 Å². The van der Waals surface area contributed by atoms with E-state index in [2.05, 4.69) is 13.8 Å². The lowest BCUT2D eigenvalue weighted by Gasteiger charge is -2.27. The van der Waals surface area contributed by atoms with Gasteiger partial charge in [-0.1, -0.05) is 26.7 Å². The molecule has 2 nitrogen and oxygen atoms in total. The van der Waals surface area contributed by atoms with Crippen LogP contribution in [0.3, 0.4) is 0 Å². The van der Waals surface area contributed by atoms with E-state index in [9.17, 15) is 0 Å². The molecule has 0 saturated heterocycles. The minimum absolute atomic E-state index is 0.110. The van der Waals surface area contributed by atoms with E-state index in [0.29, 0.717) is 5.04 Å². The first kappa shape index (κ1) is 11.1. The Kier molecular flexibility index (Phi) is 4.96. The Morgan fingerprint density at radius 3 is 2.00 bits per heavy atom. The molecule has 0 unspecified atom stereocenters. The molecule has 0 aliphatic rings. The van der Waals surface area contributed by atoms with Crippen molar-refractivity contribution in [1.82, 2.24) is 0 Å². The number of hydrogen-bond donors (Lipinski definition) is 2. The zero-order valence-corrected chi connectivity index (χ0v) is 10.1. The SMILES string of the molecule is CCC([SiH3])(CC)CCC(N)N. The van der Waals surface area contributed by atoms with Gasteiger partial charge in [0.05, 0.1) is 6.17 Å². The van der Waals surface area contributed by atoms with Crippen molar-refractivity contribution in [1.29, 1.82) is 0 Å². The first-order chi connectivity index (χ1) is 5.04. The van der Waals surface area contributed by atoms with Crippen LogP contribution in [0.2, 0.25) is 5.04 Å². The summed E-state index contributed by atoms with van der Waals surface area (Å²) in [7, 11) is 1.26. The summed E-state index contributed by atoms with van der Waals surface area (Å²) in [4.78, 5) is 0. The summed E-state index contributed by atoms with van der Waals surface area (Å²) in [5.74, 6) is 0. The van der Waals surface area contributed by atoms with Crippen LogP contribution in [-0.2, 0) is 0 Å². The van der Waals surface area contributed by atoms with E-state index >= 15 is 0 Å². The van der Waals surface area contributed by atoms with E-state index < -0.39 is 0 Å². The van der Waals surface area contributed by atoms with Gasteiger partial charge >= 0.3 is 0 Å². The van der Waals surface area contributed by atoms with Crippen molar-refractivity contribution in [2.75, 3.05) is 0 Å². The first-order valence-corrected chi connectivity index (χ1v) is 5.55. The fraction of sp³-hybridized carbons (Fsp3) is 1.00. The summed E-state index contributed by atoms with van der Waals surface area (Å²) >= 11 is 0. The van der Waals surface area contributed by atoms with Crippen molar-refractivity contribution < 1.29 is 0 Å². The standard InChI is InChI=1S/C8H22N2Si/c1-3-8(11,4-2)6-5-7(9)10/h7H,3-6,9-10H2,1-2,11H3. The van der Waals surface area contributed by atoms with Crippen LogP contribution >= 0.6 is 0 Å². The van der Waals surface area contributed by atoms with Crippen LogP contribution in [0.4, 0.5) is 0 Å². The van der Waals surface area contributed by atoms with Crippen LogP contribution in [0.5, 0.6) is 0 Å². The molecule has 0 atom stereocenters. The molecule has 0 radical (unpaired) electrons. The van der Waals surface area contributed by atoms with E-state index in [1.165, 1.54) is 29.5 Å². The summed E-state index contributed by atoms with van der Waals surface area (Å²) in [5.41, 5.74) is 11.0. The molecule has 0 spiro atoms. The van der Waals surface area contributed by atoms with Crippen LogP contribution in [0.25, 0.3) is 0 Å². The Balaban J connectivity index is 3.69. The van der Waals surface area contributed by atoms with Gasteiger partial charge in [-0.05, 0) is 17.9 Å². The highest BCUT2D eigenvalue weighted by Gasteiger charge is 2.19. The maximum Gasteiger partial charge on any atom is 0.0520 e. The zero-order valence-electron chi connectivity index (χ0n) is 8.06. The fourth-order valence-electron chi connectivity index (χ4n) is 1.12. The highest BCUT2D eigenvalue weighted by atomic mass is 28.1. The molecule has 0 aromatic heterocycles. The molecule has 0 aromatic rings. The van der Waals surface area contributed by atoms with E-state index in [0.717, 1.165) is 6.42 Å². The molecule has 0 amide bonds. The molecule has 0 heterocycles. The Morgan fingerprint density at radius 1 is 1.27 bits per heavy atom. The average molecular weight is 174 g/mol. The molecule has 0 aliphatic heterocycles. The van der Waals surface area contributed by atoms with Crippen molar-refractivity contribution in [2.24, 2.45) is 11.5 Å². The third-order valence-corrected chi connectivity index (χ3v) is 4.70. The summed E-state index contributed by atoms with van der Waals surface area (Å²) in [5, 5.41) is 0.594. The maximum absolute atomic E-state index is 5.50. The summed E-state index contributed by atoms with van der Waals surface area (Å²) in [6, 6.07) is 0. The molecule has 0 fully saturated rings. The van der Waals surface area contributed by atoms with Gasteiger partial charge in [-0.2, -0.15) is 0 Å². The molecule has 0 aliphatic carbocycles. The summed E-state index contributed by atoms with van der Waals surface area (Å²) in [6.07, 6.45) is 4.64. The molecule has 4 N–H and O–H groups in total. The molecule has 68 valence electrons. The van der Waals surface area contributed by atoms with Gasteiger partial charge in [-0.15, -0.1) is 0 Å². The second-order valence-electron chi connectivity index (χ2n) is 3.72. The van der Waals surface area contributed by atoms with Gasteiger partial charge in [0.15, 0.2) is 0 Å². The molecule has 11 heavy (non-hydrogen) atoms. The molecule has 0 rings (SSSR count). The van der Waals surface area contributed by atoms with Gasteiger partial charge in [0, 0.05) is 10.2 Å². The lowest BCUT2D eigenvalue weighted by atomic mass is 9.95. The highest BCUT2D eigenvalue weighted by Crippen LogP contribution is 2.35. The lowest BCUT2D eigenvalue weighted by Crippen LogP contribution is -2.31. The van der Waals surface area contributed by atoms with Gasteiger partial charge in [0.1, 0.15) is 0 Å². The molecular weight excluding hydrogens is 152 g/mol. The van der Waals surface area contributed by atoms with Gasteiger partial charge in [0.25, 0.3) is 0 Å². The molecule has 0 aromatic carbocycles. The second-order valence-corrected chi connectivity index (χ2v) is 5.84. The van der Waals surface area contributed by atoms with Gasteiger partial charge < -0.3 is 11.5 Å². The first-order valence-electron chi connectivity index (χ1n) is 4.55. The van der Waals surface area contributed by atoms with E-state index in [1.807, 2.05) is 0 Å². The highest BCUT2D eigenvalue weighted by molar-refractivity contribution is 6.15. The van der Waals surface area contributed by atoms with Crippen molar-refractivity contribution in [2.45, 2.75) is 50.7 Å². The number of nitrogens with two attached hydrogens (primary N) is 2. The second kappa shape index (κ2) is 4.90. The lowest BCUT2D eigenvalue weighted by molar-refractivity contribution is 0.440. The van der Waals surface area contributed by atoms with Crippen molar-refractivity contribution in [3.05, 3.63) is 0 Å². The maximum atomic E-state index is 5.50. The smallest absolute Gasteiger partial charge is 0.0520 e. The van der Waals surface area contributed by atoms with Crippen LogP contribution < -0.4 is 11.5 Å². The normalized spacial score (nSPS) is 12.8. The Bertz CT molecular complexity index is 100. The average Bonchev–Trinajstić information content (AvgIpc) is 2.00. The molecule has 0 saturated carbocycles. The third kappa shape index (κ3) is 4.56. The monoisotopic (exact) mass is 174 g/mol. The van der Waals surface area contributed by atoms with E-state index in [1.54, 1.807) is 0 Å². The van der Waals surface area contributed by atoms with E-state index in [4.69, 9.17) is 11.5 Å². The molecule has 0 bridgehead atoms. The van der Waals surface area contributed by atoms with Crippen LogP contribution in [0.15, 0.2) is 0 Å². The Morgan fingerprint density at radius 2 is 1.73 bits per heavy atom. The van der Waals surface area contributed by atoms with E-state index in [-0.39, 0.29) is 6.17 Å². The fourth-order valence-corrected chi connectivity index (χ4v) is 1.41. The zero-order chi connectivity index (χ0) is 8.91. The van der Waals surface area contributed by atoms with Crippen LogP contribution in [0.1, 0.15) is 39.5 Å². The topological polar surface area (TPSA) is 52.0 Å². The quantitative estimate of drug-likeness (QED) is 0.467. The predicted molar refractivity (Wildman–Crippen MR) is 54.6 cm³/mol. The minimum Gasteiger partial charge on any atom is -0.316 e. The number of hydrogen-bond acceptors (Lipinski definition) is 2. The molecule has 3 heteroatoms. The molecular formula is C8H22N2Si. The van der Waals surface area contributed by atoms with Crippen LogP contribution in [-0.4, -0.2) is 16.4 Å².